The van der Waals surface area contributed by atoms with Gasteiger partial charge in [-0.3, -0.25) is 0 Å². The summed E-state index contributed by atoms with van der Waals surface area (Å²) in [4.78, 5) is 2.14. The van der Waals surface area contributed by atoms with Gasteiger partial charge in [-0.1, -0.05) is 42.5 Å². The quantitative estimate of drug-likeness (QED) is 0.651. The molecule has 6 heteroatoms. The minimum atomic E-state index is -3.53. The predicted octanol–water partition coefficient (Wildman–Crippen LogP) is 1.85. The standard InChI is InChI=1S/C14H14N2O3S/c17-14-8-4-7-13(9-14)10-15-16-20(18,19)11-12-5-2-1-3-6-12/h1-10,16-17H,11H2/b15-10+. The fourth-order valence-electron chi connectivity index (χ4n) is 1.61. The molecule has 0 saturated carbocycles. The molecule has 0 saturated heterocycles. The van der Waals surface area contributed by atoms with Crippen LogP contribution in [0.2, 0.25) is 0 Å². The van der Waals surface area contributed by atoms with Crippen LogP contribution < -0.4 is 4.83 Å². The zero-order valence-corrected chi connectivity index (χ0v) is 11.4. The predicted molar refractivity (Wildman–Crippen MR) is 77.9 cm³/mol. The van der Waals surface area contributed by atoms with Crippen LogP contribution in [-0.4, -0.2) is 19.7 Å². The highest BCUT2D eigenvalue weighted by Gasteiger charge is 2.09. The average Bonchev–Trinajstić information content (AvgIpc) is 2.39. The average molecular weight is 290 g/mol. The third kappa shape index (κ3) is 4.40. The number of nitrogens with zero attached hydrogens (tertiary/aromatic N) is 1. The summed E-state index contributed by atoms with van der Waals surface area (Å²) in [6, 6.07) is 15.2. The Morgan fingerprint density at radius 3 is 2.55 bits per heavy atom. The molecule has 0 aliphatic carbocycles. The second-order valence-electron chi connectivity index (χ2n) is 4.19. The van der Waals surface area contributed by atoms with Crippen LogP contribution in [0.5, 0.6) is 5.75 Å². The zero-order valence-electron chi connectivity index (χ0n) is 10.6. The van der Waals surface area contributed by atoms with E-state index in [1.54, 1.807) is 36.4 Å². The molecule has 0 aromatic heterocycles. The fraction of sp³-hybridized carbons (Fsp3) is 0.0714. The van der Waals surface area contributed by atoms with Gasteiger partial charge in [0.2, 0.25) is 0 Å². The molecule has 104 valence electrons. The van der Waals surface area contributed by atoms with Crippen molar-refractivity contribution in [2.24, 2.45) is 5.10 Å². The Kier molecular flexibility index (Phi) is 4.37. The summed E-state index contributed by atoms with van der Waals surface area (Å²) in [6.45, 7) is 0. The molecule has 2 aromatic carbocycles. The molecule has 5 nitrogen and oxygen atoms in total. The van der Waals surface area contributed by atoms with E-state index in [0.717, 1.165) is 0 Å². The highest BCUT2D eigenvalue weighted by atomic mass is 32.2. The van der Waals surface area contributed by atoms with E-state index in [9.17, 15) is 13.5 Å². The minimum Gasteiger partial charge on any atom is -0.508 e. The molecule has 0 aliphatic rings. The summed E-state index contributed by atoms with van der Waals surface area (Å²) >= 11 is 0. The molecule has 2 N–H and O–H groups in total. The molecule has 2 rings (SSSR count). The van der Waals surface area contributed by atoms with E-state index < -0.39 is 10.0 Å². The Bertz CT molecular complexity index is 697. The van der Waals surface area contributed by atoms with E-state index in [0.29, 0.717) is 11.1 Å². The molecule has 0 atom stereocenters. The summed E-state index contributed by atoms with van der Waals surface area (Å²) in [7, 11) is -3.53. The first kappa shape index (κ1) is 14.1. The normalized spacial score (nSPS) is 11.6. The fourth-order valence-corrected chi connectivity index (χ4v) is 2.52. The van der Waals surface area contributed by atoms with Crippen molar-refractivity contribution in [3.05, 3.63) is 65.7 Å². The van der Waals surface area contributed by atoms with Gasteiger partial charge in [0.25, 0.3) is 10.0 Å². The number of hydrazone groups is 1. The monoisotopic (exact) mass is 290 g/mol. The first-order valence-corrected chi connectivity index (χ1v) is 7.56. The van der Waals surface area contributed by atoms with Crippen molar-refractivity contribution in [3.63, 3.8) is 0 Å². The largest absolute Gasteiger partial charge is 0.508 e. The lowest BCUT2D eigenvalue weighted by Crippen LogP contribution is -2.20. The van der Waals surface area contributed by atoms with E-state index in [4.69, 9.17) is 0 Å². The van der Waals surface area contributed by atoms with E-state index in [-0.39, 0.29) is 11.5 Å². The van der Waals surface area contributed by atoms with Crippen LogP contribution in [0.3, 0.4) is 0 Å². The highest BCUT2D eigenvalue weighted by Crippen LogP contribution is 2.09. The lowest BCUT2D eigenvalue weighted by Gasteiger charge is -2.03. The third-order valence-corrected chi connectivity index (χ3v) is 3.57. The summed E-state index contributed by atoms with van der Waals surface area (Å²) in [5.74, 6) is -0.0355. The molecular weight excluding hydrogens is 276 g/mol. The van der Waals surface area contributed by atoms with E-state index in [2.05, 4.69) is 9.93 Å². The number of phenols is 1. The molecule has 0 amide bonds. The van der Waals surface area contributed by atoms with Crippen molar-refractivity contribution < 1.29 is 13.5 Å². The van der Waals surface area contributed by atoms with Gasteiger partial charge >= 0.3 is 0 Å². The second-order valence-corrected chi connectivity index (χ2v) is 5.89. The molecule has 0 bridgehead atoms. The molecule has 0 unspecified atom stereocenters. The zero-order chi connectivity index (χ0) is 14.4. The van der Waals surface area contributed by atoms with Gasteiger partial charge in [0, 0.05) is 0 Å². The van der Waals surface area contributed by atoms with Gasteiger partial charge in [0.1, 0.15) is 5.75 Å². The molecule has 0 heterocycles. The van der Waals surface area contributed by atoms with Crippen LogP contribution in [0.1, 0.15) is 11.1 Å². The van der Waals surface area contributed by atoms with Crippen molar-refractivity contribution in [3.8, 4) is 5.75 Å². The van der Waals surface area contributed by atoms with Crippen molar-refractivity contribution in [1.82, 2.24) is 4.83 Å². The van der Waals surface area contributed by atoms with Crippen LogP contribution in [0.4, 0.5) is 0 Å². The van der Waals surface area contributed by atoms with Crippen molar-refractivity contribution in [2.45, 2.75) is 5.75 Å². The summed E-state index contributed by atoms with van der Waals surface area (Å²) < 4.78 is 23.6. The molecule has 0 fully saturated rings. The maximum Gasteiger partial charge on any atom is 0.251 e. The number of phenolic OH excluding ortho intramolecular Hbond substituents is 1. The van der Waals surface area contributed by atoms with Crippen molar-refractivity contribution in [2.75, 3.05) is 0 Å². The van der Waals surface area contributed by atoms with E-state index in [1.807, 2.05) is 6.07 Å². The number of benzene rings is 2. The Balaban J connectivity index is 1.99. The summed E-state index contributed by atoms with van der Waals surface area (Å²) in [6.07, 6.45) is 1.34. The van der Waals surface area contributed by atoms with Gasteiger partial charge < -0.3 is 5.11 Å². The Morgan fingerprint density at radius 1 is 1.10 bits per heavy atom. The maximum atomic E-state index is 11.8. The first-order chi connectivity index (χ1) is 9.55. The Labute approximate surface area is 117 Å². The van der Waals surface area contributed by atoms with Crippen molar-refractivity contribution >= 4 is 16.2 Å². The van der Waals surface area contributed by atoms with Gasteiger partial charge in [-0.05, 0) is 23.3 Å². The summed E-state index contributed by atoms with van der Waals surface area (Å²) in [5.41, 5.74) is 1.29. The first-order valence-electron chi connectivity index (χ1n) is 5.91. The lowest BCUT2D eigenvalue weighted by molar-refractivity contribution is 0.475. The number of nitrogens with one attached hydrogen (secondary N) is 1. The number of hydrogen-bond acceptors (Lipinski definition) is 4. The van der Waals surface area contributed by atoms with Crippen molar-refractivity contribution in [1.29, 1.82) is 0 Å². The van der Waals surface area contributed by atoms with Gasteiger partial charge in [-0.15, -0.1) is 0 Å². The molecule has 0 radical (unpaired) electrons. The molecule has 2 aromatic rings. The number of rotatable bonds is 5. The van der Waals surface area contributed by atoms with Gasteiger partial charge in [0.15, 0.2) is 0 Å². The Hall–Kier alpha value is -2.34. The highest BCUT2D eigenvalue weighted by molar-refractivity contribution is 7.88. The van der Waals surface area contributed by atoms with E-state index >= 15 is 0 Å². The van der Waals surface area contributed by atoms with Crippen LogP contribution in [0.25, 0.3) is 0 Å². The number of sulfonamides is 1. The Morgan fingerprint density at radius 2 is 1.85 bits per heavy atom. The second kappa shape index (κ2) is 6.21. The molecular formula is C14H14N2O3S. The van der Waals surface area contributed by atoms with Crippen LogP contribution >= 0.6 is 0 Å². The SMILES string of the molecule is O=S(=O)(Cc1ccccc1)N/N=C/c1cccc(O)c1. The maximum absolute atomic E-state index is 11.8. The number of aromatic hydroxyl groups is 1. The van der Waals surface area contributed by atoms with Gasteiger partial charge in [-0.25, -0.2) is 13.2 Å². The van der Waals surface area contributed by atoms with Gasteiger partial charge in [0.05, 0.1) is 12.0 Å². The van der Waals surface area contributed by atoms with Crippen LogP contribution in [0, 0.1) is 0 Å². The molecule has 20 heavy (non-hydrogen) atoms. The minimum absolute atomic E-state index is 0.0982. The third-order valence-electron chi connectivity index (χ3n) is 2.48. The molecule has 0 spiro atoms. The van der Waals surface area contributed by atoms with E-state index in [1.165, 1.54) is 18.3 Å². The summed E-state index contributed by atoms with van der Waals surface area (Å²) in [5, 5.41) is 12.9. The van der Waals surface area contributed by atoms with Crippen LogP contribution in [0.15, 0.2) is 59.7 Å². The number of hydrogen-bond donors (Lipinski definition) is 2. The van der Waals surface area contributed by atoms with Crippen LogP contribution in [-0.2, 0) is 15.8 Å². The van der Waals surface area contributed by atoms with Gasteiger partial charge in [-0.2, -0.15) is 5.10 Å². The molecule has 0 aliphatic heterocycles. The topological polar surface area (TPSA) is 78.8 Å². The lowest BCUT2D eigenvalue weighted by atomic mass is 10.2. The smallest absolute Gasteiger partial charge is 0.251 e.